The van der Waals surface area contributed by atoms with E-state index in [9.17, 15) is 8.42 Å². The van der Waals surface area contributed by atoms with Crippen LogP contribution in [0, 0.1) is 0 Å². The molecule has 0 spiro atoms. The van der Waals surface area contributed by atoms with E-state index in [1.807, 2.05) is 41.8 Å². The molecule has 0 radical (unpaired) electrons. The monoisotopic (exact) mass is 347 g/mol. The first-order chi connectivity index (χ1) is 11.1. The molecule has 0 atom stereocenters. The molecule has 2 N–H and O–H groups in total. The highest BCUT2D eigenvalue weighted by Crippen LogP contribution is 2.27. The summed E-state index contributed by atoms with van der Waals surface area (Å²) in [5.74, 6) is -0.0121. The van der Waals surface area contributed by atoms with Crippen LogP contribution in [0.25, 0.3) is 10.2 Å². The highest BCUT2D eigenvalue weighted by Gasteiger charge is 2.09. The van der Waals surface area contributed by atoms with Crippen LogP contribution in [-0.4, -0.2) is 20.4 Å². The molecular weight excluding hydrogens is 330 g/mol. The van der Waals surface area contributed by atoms with E-state index >= 15 is 0 Å². The van der Waals surface area contributed by atoms with Gasteiger partial charge in [-0.2, -0.15) is 0 Å². The summed E-state index contributed by atoms with van der Waals surface area (Å²) in [7, 11) is -1.83. The van der Waals surface area contributed by atoms with Crippen LogP contribution in [0.3, 0.4) is 0 Å². The van der Waals surface area contributed by atoms with Gasteiger partial charge in [-0.05, 0) is 35.7 Å². The fraction of sp³-hybridized carbons (Fsp3) is 0.188. The van der Waals surface area contributed by atoms with Crippen molar-refractivity contribution in [3.8, 4) is 0 Å². The van der Waals surface area contributed by atoms with Crippen molar-refractivity contribution >= 4 is 37.3 Å². The van der Waals surface area contributed by atoms with Gasteiger partial charge in [-0.25, -0.2) is 13.1 Å². The minimum atomic E-state index is -3.25. The molecule has 0 amide bonds. The second-order valence-electron chi connectivity index (χ2n) is 5.13. The maximum atomic E-state index is 11.6. The largest absolute Gasteiger partial charge is 0.380 e. The normalized spacial score (nSPS) is 11.7. The molecule has 0 fully saturated rings. The lowest BCUT2D eigenvalue weighted by Gasteiger charge is -2.09. The number of hydrogen-bond donors (Lipinski definition) is 2. The first kappa shape index (κ1) is 15.9. The second-order valence-corrected chi connectivity index (χ2v) is 7.97. The van der Waals surface area contributed by atoms with Crippen molar-refractivity contribution < 1.29 is 8.42 Å². The summed E-state index contributed by atoms with van der Waals surface area (Å²) >= 11 is 1.65. The molecule has 0 aliphatic carbocycles. The van der Waals surface area contributed by atoms with Crippen molar-refractivity contribution in [2.24, 2.45) is 0 Å². The van der Waals surface area contributed by atoms with Gasteiger partial charge in [0.05, 0.1) is 21.7 Å². The summed E-state index contributed by atoms with van der Waals surface area (Å²) in [6.07, 6.45) is 1.79. The summed E-state index contributed by atoms with van der Waals surface area (Å²) in [6.45, 7) is 0.629. The summed E-state index contributed by atoms with van der Waals surface area (Å²) in [4.78, 5) is 4.32. The molecule has 120 valence electrons. The number of thiophene rings is 1. The SMILES string of the molecule is CNS(=O)(=O)Cc1cccc(CNc2ccnc3ccsc23)c1. The highest BCUT2D eigenvalue weighted by molar-refractivity contribution is 7.88. The fourth-order valence-corrected chi connectivity index (χ4v) is 3.94. The first-order valence-electron chi connectivity index (χ1n) is 7.12. The van der Waals surface area contributed by atoms with E-state index in [1.165, 1.54) is 7.05 Å². The van der Waals surface area contributed by atoms with Crippen LogP contribution in [-0.2, 0) is 22.3 Å². The zero-order chi connectivity index (χ0) is 16.3. The molecule has 0 aliphatic rings. The predicted octanol–water partition coefficient (Wildman–Crippen LogP) is 2.96. The third kappa shape index (κ3) is 3.87. The Morgan fingerprint density at radius 2 is 2.00 bits per heavy atom. The third-order valence-electron chi connectivity index (χ3n) is 3.49. The molecule has 3 rings (SSSR count). The Labute approximate surface area is 139 Å². The molecule has 1 aromatic carbocycles. The standard InChI is InChI=1S/C16H17N3O2S2/c1-17-23(20,21)11-13-4-2-3-12(9-13)10-19-14-5-7-18-15-6-8-22-16(14)15/h2-9,17H,10-11H2,1H3,(H,18,19). The Kier molecular flexibility index (Phi) is 4.61. The maximum absolute atomic E-state index is 11.6. The van der Waals surface area contributed by atoms with Crippen molar-refractivity contribution in [2.75, 3.05) is 12.4 Å². The minimum Gasteiger partial charge on any atom is -0.380 e. The number of nitrogens with one attached hydrogen (secondary N) is 2. The number of aromatic nitrogens is 1. The average molecular weight is 347 g/mol. The van der Waals surface area contributed by atoms with E-state index in [-0.39, 0.29) is 5.75 Å². The van der Waals surface area contributed by atoms with Crippen molar-refractivity contribution in [3.63, 3.8) is 0 Å². The van der Waals surface area contributed by atoms with E-state index in [2.05, 4.69) is 15.0 Å². The second kappa shape index (κ2) is 6.66. The van der Waals surface area contributed by atoms with Gasteiger partial charge in [-0.1, -0.05) is 24.3 Å². The van der Waals surface area contributed by atoms with Crippen LogP contribution < -0.4 is 10.0 Å². The maximum Gasteiger partial charge on any atom is 0.215 e. The van der Waals surface area contributed by atoms with Crippen molar-refractivity contribution in [1.82, 2.24) is 9.71 Å². The smallest absolute Gasteiger partial charge is 0.215 e. The Hall–Kier alpha value is -1.96. The number of pyridine rings is 1. The van der Waals surface area contributed by atoms with Crippen LogP contribution >= 0.6 is 11.3 Å². The predicted molar refractivity (Wildman–Crippen MR) is 95.1 cm³/mol. The van der Waals surface area contributed by atoms with Crippen LogP contribution in [0.4, 0.5) is 5.69 Å². The van der Waals surface area contributed by atoms with Gasteiger partial charge in [-0.15, -0.1) is 11.3 Å². The number of rotatable bonds is 6. The minimum absolute atomic E-state index is 0.0121. The number of anilines is 1. The average Bonchev–Trinajstić information content (AvgIpc) is 3.02. The first-order valence-corrected chi connectivity index (χ1v) is 9.66. The number of benzene rings is 1. The van der Waals surface area contributed by atoms with Gasteiger partial charge >= 0.3 is 0 Å². The van der Waals surface area contributed by atoms with Gasteiger partial charge < -0.3 is 5.32 Å². The van der Waals surface area contributed by atoms with Gasteiger partial charge in [0, 0.05) is 12.7 Å². The van der Waals surface area contributed by atoms with Gasteiger partial charge in [0.25, 0.3) is 0 Å². The van der Waals surface area contributed by atoms with E-state index in [1.54, 1.807) is 17.5 Å². The van der Waals surface area contributed by atoms with Crippen LogP contribution in [0.5, 0.6) is 0 Å². The summed E-state index contributed by atoms with van der Waals surface area (Å²) < 4.78 is 26.7. The molecule has 2 aromatic heterocycles. The molecule has 0 bridgehead atoms. The quantitative estimate of drug-likeness (QED) is 0.719. The molecule has 3 aromatic rings. The van der Waals surface area contributed by atoms with E-state index in [4.69, 9.17) is 0 Å². The lowest BCUT2D eigenvalue weighted by Crippen LogP contribution is -2.20. The molecule has 2 heterocycles. The topological polar surface area (TPSA) is 71.1 Å². The molecule has 0 aliphatic heterocycles. The molecular formula is C16H17N3O2S2. The van der Waals surface area contributed by atoms with Crippen LogP contribution in [0.1, 0.15) is 11.1 Å². The number of nitrogens with zero attached hydrogens (tertiary/aromatic N) is 1. The lowest BCUT2D eigenvalue weighted by molar-refractivity contribution is 0.587. The molecule has 0 saturated heterocycles. The van der Waals surface area contributed by atoms with E-state index in [0.29, 0.717) is 6.54 Å². The Morgan fingerprint density at radius 1 is 1.17 bits per heavy atom. The Balaban J connectivity index is 1.75. The van der Waals surface area contributed by atoms with Crippen LogP contribution in [0.2, 0.25) is 0 Å². The zero-order valence-electron chi connectivity index (χ0n) is 12.6. The van der Waals surface area contributed by atoms with Gasteiger partial charge in [0.15, 0.2) is 0 Å². The Morgan fingerprint density at radius 3 is 2.83 bits per heavy atom. The zero-order valence-corrected chi connectivity index (χ0v) is 14.2. The summed E-state index contributed by atoms with van der Waals surface area (Å²) in [5.41, 5.74) is 3.83. The van der Waals surface area contributed by atoms with E-state index < -0.39 is 10.0 Å². The van der Waals surface area contributed by atoms with Gasteiger partial charge in [0.1, 0.15) is 0 Å². The van der Waals surface area contributed by atoms with Crippen molar-refractivity contribution in [2.45, 2.75) is 12.3 Å². The fourth-order valence-electron chi connectivity index (χ4n) is 2.33. The molecule has 0 saturated carbocycles. The Bertz CT molecular complexity index is 920. The molecule has 23 heavy (non-hydrogen) atoms. The van der Waals surface area contributed by atoms with Crippen LogP contribution in [0.15, 0.2) is 48.0 Å². The van der Waals surface area contributed by atoms with Crippen molar-refractivity contribution in [3.05, 3.63) is 59.1 Å². The molecule has 0 unspecified atom stereocenters. The lowest BCUT2D eigenvalue weighted by atomic mass is 10.1. The highest BCUT2D eigenvalue weighted by atomic mass is 32.2. The van der Waals surface area contributed by atoms with Crippen molar-refractivity contribution in [1.29, 1.82) is 0 Å². The summed E-state index contributed by atoms with van der Waals surface area (Å²) in [5, 5.41) is 5.42. The molecule has 5 nitrogen and oxygen atoms in total. The van der Waals surface area contributed by atoms with Gasteiger partial charge in [-0.3, -0.25) is 4.98 Å². The summed E-state index contributed by atoms with van der Waals surface area (Å²) in [6, 6.07) is 11.5. The van der Waals surface area contributed by atoms with E-state index in [0.717, 1.165) is 27.0 Å². The van der Waals surface area contributed by atoms with Gasteiger partial charge in [0.2, 0.25) is 10.0 Å². The number of sulfonamides is 1. The number of fused-ring (bicyclic) bond motifs is 1. The number of hydrogen-bond acceptors (Lipinski definition) is 5. The molecule has 7 heteroatoms. The third-order valence-corrected chi connectivity index (χ3v) is 5.76.